The number of rotatable bonds is 7. The molecule has 1 atom stereocenters. The van der Waals surface area contributed by atoms with E-state index in [2.05, 4.69) is 25.2 Å². The number of nitrogens with one attached hydrogen (secondary N) is 2. The molecule has 0 bridgehead atoms. The fourth-order valence-corrected chi connectivity index (χ4v) is 4.08. The lowest BCUT2D eigenvalue weighted by atomic mass is 10.2. The van der Waals surface area contributed by atoms with Crippen LogP contribution in [0.4, 0.5) is 5.69 Å². The third-order valence-electron chi connectivity index (χ3n) is 3.83. The first-order valence-corrected chi connectivity index (χ1v) is 10.0. The highest BCUT2D eigenvalue weighted by molar-refractivity contribution is 7.89. The van der Waals surface area contributed by atoms with Crippen molar-refractivity contribution < 1.29 is 22.5 Å². The van der Waals surface area contributed by atoms with Crippen LogP contribution in [0.5, 0.6) is 11.6 Å². The summed E-state index contributed by atoms with van der Waals surface area (Å²) >= 11 is 0. The van der Waals surface area contributed by atoms with Gasteiger partial charge in [0.1, 0.15) is 16.3 Å². The van der Waals surface area contributed by atoms with Gasteiger partial charge >= 0.3 is 0 Å². The SMILES string of the molecule is Cc1noc(C)c1S(=O)(=O)N[C@@H](C)C(=O)Nc1cccc(Oc2cnccn2)c1. The van der Waals surface area contributed by atoms with Crippen LogP contribution >= 0.6 is 0 Å². The lowest BCUT2D eigenvalue weighted by molar-refractivity contribution is -0.117. The molecule has 1 aromatic carbocycles. The number of hydrogen-bond donors (Lipinski definition) is 2. The van der Waals surface area contributed by atoms with Crippen LogP contribution in [0.3, 0.4) is 0 Å². The van der Waals surface area contributed by atoms with E-state index in [4.69, 9.17) is 9.26 Å². The molecular weight excluding hydrogens is 398 g/mol. The van der Waals surface area contributed by atoms with Gasteiger partial charge in [0, 0.05) is 24.1 Å². The van der Waals surface area contributed by atoms with E-state index in [0.29, 0.717) is 17.3 Å². The minimum absolute atomic E-state index is 0.0727. The fourth-order valence-electron chi connectivity index (χ4n) is 2.55. The van der Waals surface area contributed by atoms with Crippen LogP contribution in [0.1, 0.15) is 18.4 Å². The molecule has 0 aliphatic rings. The van der Waals surface area contributed by atoms with Crippen molar-refractivity contribution in [2.24, 2.45) is 0 Å². The molecule has 0 saturated heterocycles. The quantitative estimate of drug-likeness (QED) is 0.597. The van der Waals surface area contributed by atoms with Gasteiger partial charge in [-0.2, -0.15) is 4.72 Å². The number of benzene rings is 1. The number of carbonyl (C=O) groups is 1. The predicted octanol–water partition coefficient (Wildman–Crippen LogP) is 2.18. The molecule has 0 spiro atoms. The Morgan fingerprint density at radius 3 is 2.69 bits per heavy atom. The summed E-state index contributed by atoms with van der Waals surface area (Å²) in [6.45, 7) is 4.44. The van der Waals surface area contributed by atoms with Gasteiger partial charge in [0.25, 0.3) is 0 Å². The summed E-state index contributed by atoms with van der Waals surface area (Å²) in [7, 11) is -3.97. The maximum absolute atomic E-state index is 12.5. The number of carbonyl (C=O) groups excluding carboxylic acids is 1. The highest BCUT2D eigenvalue weighted by Gasteiger charge is 2.28. The molecule has 0 fully saturated rings. The summed E-state index contributed by atoms with van der Waals surface area (Å²) in [6.07, 6.45) is 4.47. The standard InChI is InChI=1S/C18H19N5O5S/c1-11-17(13(3)28-22-11)29(25,26)23-12(2)18(24)21-14-5-4-6-15(9-14)27-16-10-19-7-8-20-16/h4-10,12,23H,1-3H3,(H,21,24)/t12-/m0/s1. The molecule has 3 aromatic rings. The van der Waals surface area contributed by atoms with Crippen molar-refractivity contribution in [1.82, 2.24) is 19.8 Å². The number of anilines is 1. The topological polar surface area (TPSA) is 136 Å². The number of aromatic nitrogens is 3. The summed E-state index contributed by atoms with van der Waals surface area (Å²) in [5.41, 5.74) is 0.649. The molecule has 2 N–H and O–H groups in total. The van der Waals surface area contributed by atoms with E-state index in [0.717, 1.165) is 0 Å². The lowest BCUT2D eigenvalue weighted by Gasteiger charge is -2.15. The van der Waals surface area contributed by atoms with E-state index in [-0.39, 0.29) is 16.3 Å². The third kappa shape index (κ3) is 4.95. The van der Waals surface area contributed by atoms with E-state index >= 15 is 0 Å². The van der Waals surface area contributed by atoms with Gasteiger partial charge in [0.05, 0.1) is 12.2 Å². The smallest absolute Gasteiger partial charge is 0.246 e. The average molecular weight is 417 g/mol. The summed E-state index contributed by atoms with van der Waals surface area (Å²) in [5, 5.41) is 6.27. The molecule has 2 aromatic heterocycles. The van der Waals surface area contributed by atoms with Crippen LogP contribution in [-0.2, 0) is 14.8 Å². The van der Waals surface area contributed by atoms with Crippen LogP contribution in [0.2, 0.25) is 0 Å². The lowest BCUT2D eigenvalue weighted by Crippen LogP contribution is -2.41. The Morgan fingerprint density at radius 2 is 2.03 bits per heavy atom. The van der Waals surface area contributed by atoms with Crippen molar-refractivity contribution in [3.05, 3.63) is 54.3 Å². The largest absolute Gasteiger partial charge is 0.437 e. The van der Waals surface area contributed by atoms with E-state index in [1.54, 1.807) is 24.3 Å². The van der Waals surface area contributed by atoms with E-state index in [9.17, 15) is 13.2 Å². The number of ether oxygens (including phenoxy) is 1. The van der Waals surface area contributed by atoms with Gasteiger partial charge in [-0.05, 0) is 32.9 Å². The summed E-state index contributed by atoms with van der Waals surface area (Å²) in [5.74, 6) is 0.345. The monoisotopic (exact) mass is 417 g/mol. The van der Waals surface area contributed by atoms with Crippen LogP contribution < -0.4 is 14.8 Å². The maximum atomic E-state index is 12.5. The van der Waals surface area contributed by atoms with Gasteiger partial charge < -0.3 is 14.6 Å². The molecule has 10 nitrogen and oxygen atoms in total. The highest BCUT2D eigenvalue weighted by atomic mass is 32.2. The number of nitrogens with zero attached hydrogens (tertiary/aromatic N) is 3. The minimum Gasteiger partial charge on any atom is -0.437 e. The number of hydrogen-bond acceptors (Lipinski definition) is 8. The molecule has 3 rings (SSSR count). The Balaban J connectivity index is 1.68. The fraction of sp³-hybridized carbons (Fsp3) is 0.222. The van der Waals surface area contributed by atoms with E-state index in [1.165, 1.54) is 39.4 Å². The molecule has 11 heteroatoms. The van der Waals surface area contributed by atoms with Crippen LogP contribution in [0.25, 0.3) is 0 Å². The van der Waals surface area contributed by atoms with Gasteiger partial charge in [-0.15, -0.1) is 0 Å². The second kappa shape index (κ2) is 8.37. The molecule has 29 heavy (non-hydrogen) atoms. The molecule has 1 amide bonds. The van der Waals surface area contributed by atoms with Crippen molar-refractivity contribution in [2.75, 3.05) is 5.32 Å². The zero-order chi connectivity index (χ0) is 21.0. The second-order valence-electron chi connectivity index (χ2n) is 6.16. The third-order valence-corrected chi connectivity index (χ3v) is 5.61. The number of sulfonamides is 1. The Labute approximate surface area is 167 Å². The van der Waals surface area contributed by atoms with E-state index in [1.807, 2.05) is 0 Å². The van der Waals surface area contributed by atoms with Crippen LogP contribution in [-0.4, -0.2) is 35.5 Å². The Morgan fingerprint density at radius 1 is 1.24 bits per heavy atom. The molecule has 0 unspecified atom stereocenters. The zero-order valence-corrected chi connectivity index (χ0v) is 16.7. The summed E-state index contributed by atoms with van der Waals surface area (Å²) < 4.78 is 37.8. The number of aryl methyl sites for hydroxylation is 2. The first-order valence-electron chi connectivity index (χ1n) is 8.56. The van der Waals surface area contributed by atoms with Crippen LogP contribution in [0.15, 0.2) is 52.3 Å². The molecule has 0 saturated carbocycles. The average Bonchev–Trinajstić information content (AvgIpc) is 3.01. The minimum atomic E-state index is -3.97. The summed E-state index contributed by atoms with van der Waals surface area (Å²) in [4.78, 5) is 20.3. The predicted molar refractivity (Wildman–Crippen MR) is 103 cm³/mol. The van der Waals surface area contributed by atoms with E-state index < -0.39 is 22.0 Å². The Hall–Kier alpha value is -3.31. The Bertz CT molecular complexity index is 1100. The van der Waals surface area contributed by atoms with Gasteiger partial charge in [0.2, 0.25) is 21.8 Å². The number of amides is 1. The molecule has 152 valence electrons. The van der Waals surface area contributed by atoms with Gasteiger partial charge in [-0.3, -0.25) is 9.78 Å². The van der Waals surface area contributed by atoms with Crippen molar-refractivity contribution in [3.8, 4) is 11.6 Å². The first-order chi connectivity index (χ1) is 13.8. The highest BCUT2D eigenvalue weighted by Crippen LogP contribution is 2.22. The second-order valence-corrected chi connectivity index (χ2v) is 7.81. The maximum Gasteiger partial charge on any atom is 0.246 e. The van der Waals surface area contributed by atoms with Crippen molar-refractivity contribution in [2.45, 2.75) is 31.7 Å². The van der Waals surface area contributed by atoms with Gasteiger partial charge in [-0.25, -0.2) is 13.4 Å². The van der Waals surface area contributed by atoms with Crippen molar-refractivity contribution in [3.63, 3.8) is 0 Å². The molecule has 0 aliphatic heterocycles. The first kappa shape index (κ1) is 20.4. The molecule has 2 heterocycles. The van der Waals surface area contributed by atoms with Crippen molar-refractivity contribution >= 4 is 21.6 Å². The molecule has 0 radical (unpaired) electrons. The normalized spacial score (nSPS) is 12.4. The van der Waals surface area contributed by atoms with Gasteiger partial charge in [0.15, 0.2) is 5.76 Å². The Kier molecular flexibility index (Phi) is 5.89. The van der Waals surface area contributed by atoms with Crippen LogP contribution in [0, 0.1) is 13.8 Å². The molecule has 0 aliphatic carbocycles. The van der Waals surface area contributed by atoms with Crippen molar-refractivity contribution in [1.29, 1.82) is 0 Å². The van der Waals surface area contributed by atoms with Gasteiger partial charge in [-0.1, -0.05) is 11.2 Å². The zero-order valence-electron chi connectivity index (χ0n) is 15.9. The molecular formula is C18H19N5O5S. The summed E-state index contributed by atoms with van der Waals surface area (Å²) in [6, 6.07) is 5.56.